The lowest BCUT2D eigenvalue weighted by atomic mass is 9.62. The molecule has 1 saturated heterocycles. The molecule has 0 unspecified atom stereocenters. The smallest absolute Gasteiger partial charge is 0.163 e. The van der Waals surface area contributed by atoms with Gasteiger partial charge >= 0.3 is 0 Å². The highest BCUT2D eigenvalue weighted by atomic mass is 16.5. The van der Waals surface area contributed by atoms with E-state index in [2.05, 4.69) is 46.8 Å². The van der Waals surface area contributed by atoms with Crippen LogP contribution in [-0.2, 0) is 14.3 Å². The third-order valence-electron chi connectivity index (χ3n) is 8.26. The van der Waals surface area contributed by atoms with Crippen molar-refractivity contribution >= 4 is 12.1 Å². The topological polar surface area (TPSA) is 43.4 Å². The zero-order valence-electron chi connectivity index (χ0n) is 18.0. The average molecular weight is 383 g/mol. The number of allylic oxidation sites excluding steroid dienone is 5. The highest BCUT2D eigenvalue weighted by Gasteiger charge is 2.61. The molecule has 3 heteroatoms. The minimum absolute atomic E-state index is 0.108. The van der Waals surface area contributed by atoms with Crippen molar-refractivity contribution in [3.8, 4) is 0 Å². The van der Waals surface area contributed by atoms with Gasteiger partial charge in [0.1, 0.15) is 6.29 Å². The molecule has 0 aromatic rings. The molecule has 1 spiro atoms. The molecule has 152 valence electrons. The summed E-state index contributed by atoms with van der Waals surface area (Å²) in [7, 11) is 0. The Kier molecular flexibility index (Phi) is 4.81. The van der Waals surface area contributed by atoms with Gasteiger partial charge in [0.2, 0.25) is 0 Å². The molecular formula is C25H34O3. The molecule has 0 bridgehead atoms. The van der Waals surface area contributed by atoms with Gasteiger partial charge in [0, 0.05) is 0 Å². The molecule has 7 atom stereocenters. The van der Waals surface area contributed by atoms with Crippen LogP contribution in [0.2, 0.25) is 0 Å². The summed E-state index contributed by atoms with van der Waals surface area (Å²) in [6.07, 6.45) is 12.4. The van der Waals surface area contributed by atoms with Crippen LogP contribution in [0.1, 0.15) is 66.7 Å². The zero-order valence-corrected chi connectivity index (χ0v) is 18.0. The lowest BCUT2D eigenvalue weighted by Gasteiger charge is -2.44. The van der Waals surface area contributed by atoms with E-state index in [0.29, 0.717) is 17.4 Å². The third kappa shape index (κ3) is 2.89. The Morgan fingerprint density at radius 2 is 2.04 bits per heavy atom. The maximum Gasteiger partial charge on any atom is 0.163 e. The highest BCUT2D eigenvalue weighted by molar-refractivity contribution is 6.01. The summed E-state index contributed by atoms with van der Waals surface area (Å²) < 4.78 is 6.82. The third-order valence-corrected chi connectivity index (χ3v) is 8.26. The van der Waals surface area contributed by atoms with Crippen LogP contribution in [0.3, 0.4) is 0 Å². The van der Waals surface area contributed by atoms with E-state index in [0.717, 1.165) is 44.0 Å². The second-order valence-electron chi connectivity index (χ2n) is 10.3. The molecule has 4 aliphatic rings. The monoisotopic (exact) mass is 382 g/mol. The molecule has 0 radical (unpaired) electrons. The molecule has 1 saturated carbocycles. The summed E-state index contributed by atoms with van der Waals surface area (Å²) in [4.78, 5) is 24.4. The predicted molar refractivity (Wildman–Crippen MR) is 111 cm³/mol. The van der Waals surface area contributed by atoms with E-state index in [9.17, 15) is 9.59 Å². The van der Waals surface area contributed by atoms with E-state index in [1.807, 2.05) is 0 Å². The molecule has 0 aromatic carbocycles. The summed E-state index contributed by atoms with van der Waals surface area (Å²) in [5.41, 5.74) is 3.18. The van der Waals surface area contributed by atoms with E-state index in [4.69, 9.17) is 4.74 Å². The number of hydrogen-bond donors (Lipinski definition) is 0. The van der Waals surface area contributed by atoms with Crippen molar-refractivity contribution < 1.29 is 14.3 Å². The van der Waals surface area contributed by atoms with Crippen LogP contribution >= 0.6 is 0 Å². The fraction of sp³-hybridized carbons (Fsp3) is 0.680. The van der Waals surface area contributed by atoms with Gasteiger partial charge in [-0.15, -0.1) is 0 Å². The lowest BCUT2D eigenvalue weighted by molar-refractivity contribution is -0.119. The Hall–Kier alpha value is -1.48. The summed E-state index contributed by atoms with van der Waals surface area (Å²) in [6, 6.07) is 0. The maximum absolute atomic E-state index is 12.6. The minimum atomic E-state index is -0.257. The second-order valence-corrected chi connectivity index (χ2v) is 10.3. The molecule has 2 fully saturated rings. The molecule has 0 aromatic heterocycles. The number of fused-ring (bicyclic) bond motifs is 3. The molecular weight excluding hydrogens is 348 g/mol. The number of rotatable bonds is 2. The predicted octanol–water partition coefficient (Wildman–Crippen LogP) is 5.21. The van der Waals surface area contributed by atoms with Crippen LogP contribution in [0, 0.1) is 29.1 Å². The maximum atomic E-state index is 12.6. The first-order valence-corrected chi connectivity index (χ1v) is 10.9. The van der Waals surface area contributed by atoms with Crippen molar-refractivity contribution in [1.29, 1.82) is 0 Å². The average Bonchev–Trinajstić information content (AvgIpc) is 3.14. The van der Waals surface area contributed by atoms with Gasteiger partial charge in [-0.1, -0.05) is 37.1 Å². The number of carbonyl (C=O) groups is 2. The summed E-state index contributed by atoms with van der Waals surface area (Å²) in [5, 5.41) is 0. The fourth-order valence-corrected chi connectivity index (χ4v) is 6.91. The van der Waals surface area contributed by atoms with Crippen LogP contribution in [0.25, 0.3) is 0 Å². The van der Waals surface area contributed by atoms with Crippen molar-refractivity contribution in [2.24, 2.45) is 29.1 Å². The number of carbonyl (C=O) groups excluding carboxylic acids is 2. The second kappa shape index (κ2) is 6.79. The van der Waals surface area contributed by atoms with Gasteiger partial charge in [-0.3, -0.25) is 9.59 Å². The first-order chi connectivity index (χ1) is 13.2. The number of aldehydes is 1. The molecule has 1 aliphatic heterocycles. The molecule has 28 heavy (non-hydrogen) atoms. The molecule has 1 heterocycles. The molecule has 0 N–H and O–H groups in total. The van der Waals surface area contributed by atoms with E-state index < -0.39 is 0 Å². The van der Waals surface area contributed by atoms with Gasteiger partial charge in [0.05, 0.1) is 17.6 Å². The minimum Gasteiger partial charge on any atom is -0.367 e. The Morgan fingerprint density at radius 3 is 2.71 bits per heavy atom. The Labute approximate surface area is 169 Å². The van der Waals surface area contributed by atoms with E-state index in [1.165, 1.54) is 5.57 Å². The summed E-state index contributed by atoms with van der Waals surface area (Å²) >= 11 is 0. The van der Waals surface area contributed by atoms with Crippen molar-refractivity contribution in [3.05, 3.63) is 34.9 Å². The Morgan fingerprint density at radius 1 is 1.29 bits per heavy atom. The zero-order chi connectivity index (χ0) is 20.3. The van der Waals surface area contributed by atoms with Crippen LogP contribution < -0.4 is 0 Å². The van der Waals surface area contributed by atoms with Crippen LogP contribution in [0.5, 0.6) is 0 Å². The first-order valence-electron chi connectivity index (χ1n) is 10.9. The van der Waals surface area contributed by atoms with Gasteiger partial charge < -0.3 is 4.74 Å². The fourth-order valence-electron chi connectivity index (χ4n) is 6.91. The van der Waals surface area contributed by atoms with Crippen molar-refractivity contribution in [1.82, 2.24) is 0 Å². The lowest BCUT2D eigenvalue weighted by Crippen LogP contribution is -2.44. The van der Waals surface area contributed by atoms with Gasteiger partial charge in [-0.25, -0.2) is 0 Å². The van der Waals surface area contributed by atoms with Crippen molar-refractivity contribution in [3.63, 3.8) is 0 Å². The number of ketones is 1. The van der Waals surface area contributed by atoms with Crippen LogP contribution in [0.15, 0.2) is 34.9 Å². The van der Waals surface area contributed by atoms with E-state index in [1.54, 1.807) is 6.08 Å². The number of hydrogen-bond acceptors (Lipinski definition) is 3. The summed E-state index contributed by atoms with van der Waals surface area (Å²) in [6.45, 7) is 11.1. The van der Waals surface area contributed by atoms with E-state index >= 15 is 0 Å². The molecule has 3 aliphatic carbocycles. The van der Waals surface area contributed by atoms with Gasteiger partial charge in [-0.2, -0.15) is 0 Å². The molecule has 4 rings (SSSR count). The van der Waals surface area contributed by atoms with E-state index in [-0.39, 0.29) is 34.7 Å². The quantitative estimate of drug-likeness (QED) is 0.486. The largest absolute Gasteiger partial charge is 0.367 e. The van der Waals surface area contributed by atoms with Gasteiger partial charge in [-0.05, 0) is 87.7 Å². The van der Waals surface area contributed by atoms with Crippen LogP contribution in [0.4, 0.5) is 0 Å². The van der Waals surface area contributed by atoms with Crippen molar-refractivity contribution in [2.75, 3.05) is 0 Å². The SMILES string of the molecule is CC(C)=C[C@H]1C[C@H](C)[C@]2(CC[C@]3(C)C[C@@H]4C(C)=CC(=O)[C@H]4/C(C=O)=C\C[C@H]32)O1. The molecule has 3 nitrogen and oxygen atoms in total. The Balaban J connectivity index is 1.73. The number of ether oxygens (including phenoxy) is 1. The normalized spacial score (nSPS) is 46.9. The first kappa shape index (κ1) is 19.8. The highest BCUT2D eigenvalue weighted by Crippen LogP contribution is 2.63. The standard InChI is InChI=1S/C25H34O3/c1-15(2)10-19-12-17(4)25(28-19)9-8-24(5)13-20-16(3)11-21(27)23(20)18(14-26)6-7-22(24)25/h6,10-11,14,17,19-20,22-23H,7-9,12-13H2,1-5H3/b18-6-/t17-,19-,20+,22+,23-,24+,25-/m0/s1. The van der Waals surface area contributed by atoms with Crippen molar-refractivity contribution in [2.45, 2.75) is 78.4 Å². The van der Waals surface area contributed by atoms with Crippen LogP contribution in [-0.4, -0.2) is 23.8 Å². The summed E-state index contributed by atoms with van der Waals surface area (Å²) in [5.74, 6) is 0.920. The van der Waals surface area contributed by atoms with Gasteiger partial charge in [0.15, 0.2) is 5.78 Å². The Bertz CT molecular complexity index is 784. The van der Waals surface area contributed by atoms with Gasteiger partial charge in [0.25, 0.3) is 0 Å². The molecule has 0 amide bonds.